The van der Waals surface area contributed by atoms with Crippen molar-refractivity contribution in [3.63, 3.8) is 0 Å². The van der Waals surface area contributed by atoms with E-state index in [1.807, 2.05) is 24.3 Å². The van der Waals surface area contributed by atoms with Crippen LogP contribution in [-0.4, -0.2) is 35.8 Å². The molecule has 38 heavy (non-hydrogen) atoms. The molecule has 0 saturated carbocycles. The SMILES string of the molecule is C[C@]1(c2cc(NC(=O)N3CCc4ccccc4C3)ccc2F)C[C@@H](C(F)(F)F)OC(Nc2ccccc2)=N1. The average Bonchev–Trinajstić information content (AvgIpc) is 2.89. The van der Waals surface area contributed by atoms with Gasteiger partial charge in [-0.2, -0.15) is 13.2 Å². The average molecular weight is 527 g/mol. The molecule has 0 spiro atoms. The number of halogens is 4. The van der Waals surface area contributed by atoms with E-state index < -0.39 is 30.1 Å². The number of carbonyl (C=O) groups is 1. The van der Waals surface area contributed by atoms with Crippen LogP contribution in [0.15, 0.2) is 77.8 Å². The fraction of sp³-hybridized carbons (Fsp3) is 0.286. The number of anilines is 2. The summed E-state index contributed by atoms with van der Waals surface area (Å²) in [5.74, 6) is -0.733. The minimum absolute atomic E-state index is 0.0794. The van der Waals surface area contributed by atoms with Crippen LogP contribution in [0.4, 0.5) is 33.7 Å². The lowest BCUT2D eigenvalue weighted by Crippen LogP contribution is -2.45. The Morgan fingerprint density at radius 3 is 2.47 bits per heavy atom. The van der Waals surface area contributed by atoms with E-state index in [2.05, 4.69) is 15.6 Å². The van der Waals surface area contributed by atoms with Crippen LogP contribution in [0.25, 0.3) is 0 Å². The third kappa shape index (κ3) is 5.44. The molecular weight excluding hydrogens is 500 g/mol. The first-order chi connectivity index (χ1) is 18.1. The summed E-state index contributed by atoms with van der Waals surface area (Å²) in [6.07, 6.45) is -6.83. The third-order valence-corrected chi connectivity index (χ3v) is 6.79. The number of rotatable bonds is 3. The molecule has 5 rings (SSSR count). The van der Waals surface area contributed by atoms with Gasteiger partial charge in [-0.3, -0.25) is 0 Å². The molecule has 0 bridgehead atoms. The number of aliphatic imine (C=N–C) groups is 1. The molecule has 0 aromatic heterocycles. The lowest BCUT2D eigenvalue weighted by atomic mass is 9.85. The van der Waals surface area contributed by atoms with Gasteiger partial charge in [0.25, 0.3) is 6.02 Å². The molecule has 6 nitrogen and oxygen atoms in total. The van der Waals surface area contributed by atoms with Gasteiger partial charge in [0.1, 0.15) is 5.82 Å². The number of ether oxygens (including phenoxy) is 1. The Morgan fingerprint density at radius 2 is 1.74 bits per heavy atom. The monoisotopic (exact) mass is 526 g/mol. The standard InChI is InChI=1S/C28H26F4N4O2/c1-27(16-24(28(30,31)32)38-25(35-27)33-20-9-3-2-4-10-20)22-15-21(11-12-23(22)29)34-26(37)36-14-13-18-7-5-6-8-19(18)17-36/h2-12,15,24H,13-14,16-17H2,1H3,(H,33,35)(H,34,37)/t24-,27+/m0/s1. The Kier molecular flexibility index (Phi) is 6.73. The lowest BCUT2D eigenvalue weighted by molar-refractivity contribution is -0.207. The van der Waals surface area contributed by atoms with Crippen LogP contribution >= 0.6 is 0 Å². The van der Waals surface area contributed by atoms with Gasteiger partial charge < -0.3 is 20.3 Å². The molecule has 198 valence electrons. The van der Waals surface area contributed by atoms with Crippen LogP contribution in [0.2, 0.25) is 0 Å². The smallest absolute Gasteiger partial charge is 0.425 e. The maximum atomic E-state index is 15.1. The topological polar surface area (TPSA) is 66.0 Å². The molecule has 0 saturated heterocycles. The van der Waals surface area contributed by atoms with Gasteiger partial charge in [0.15, 0.2) is 6.10 Å². The van der Waals surface area contributed by atoms with E-state index in [1.54, 1.807) is 35.2 Å². The number of hydrogen-bond acceptors (Lipinski definition) is 4. The van der Waals surface area contributed by atoms with Crippen molar-refractivity contribution in [1.82, 2.24) is 4.90 Å². The van der Waals surface area contributed by atoms with Gasteiger partial charge in [0.05, 0.1) is 5.54 Å². The molecule has 2 heterocycles. The number of urea groups is 1. The van der Waals surface area contributed by atoms with Crippen molar-refractivity contribution in [1.29, 1.82) is 0 Å². The van der Waals surface area contributed by atoms with Crippen LogP contribution in [0, 0.1) is 5.82 Å². The summed E-state index contributed by atoms with van der Waals surface area (Å²) in [6.45, 7) is 2.36. The van der Waals surface area contributed by atoms with E-state index in [4.69, 9.17) is 4.74 Å². The van der Waals surface area contributed by atoms with Crippen molar-refractivity contribution in [2.75, 3.05) is 17.2 Å². The highest BCUT2D eigenvalue weighted by molar-refractivity contribution is 5.91. The molecule has 2 aliphatic heterocycles. The molecule has 10 heteroatoms. The first kappa shape index (κ1) is 25.6. The second kappa shape index (κ2) is 10.00. The zero-order chi connectivity index (χ0) is 26.9. The van der Waals surface area contributed by atoms with Crippen molar-refractivity contribution >= 4 is 23.4 Å². The van der Waals surface area contributed by atoms with E-state index >= 15 is 4.39 Å². The zero-order valence-corrected chi connectivity index (χ0v) is 20.6. The van der Waals surface area contributed by atoms with Crippen molar-refractivity contribution < 1.29 is 27.1 Å². The van der Waals surface area contributed by atoms with E-state index in [0.717, 1.165) is 11.6 Å². The van der Waals surface area contributed by atoms with E-state index in [0.29, 0.717) is 25.2 Å². The number of carbonyl (C=O) groups excluding carboxylic acids is 1. The van der Waals surface area contributed by atoms with Crippen molar-refractivity contribution in [3.05, 3.63) is 95.3 Å². The molecule has 2 aliphatic rings. The molecule has 0 radical (unpaired) electrons. The largest absolute Gasteiger partial charge is 0.452 e. The molecule has 3 aromatic carbocycles. The number of hydrogen-bond donors (Lipinski definition) is 2. The van der Waals surface area contributed by atoms with Crippen LogP contribution in [0.5, 0.6) is 0 Å². The van der Waals surface area contributed by atoms with Crippen LogP contribution in [0.1, 0.15) is 30.0 Å². The van der Waals surface area contributed by atoms with Gasteiger partial charge in [-0.1, -0.05) is 42.5 Å². The second-order valence-corrected chi connectivity index (χ2v) is 9.60. The molecular formula is C28H26F4N4O2. The fourth-order valence-corrected chi connectivity index (χ4v) is 4.78. The summed E-state index contributed by atoms with van der Waals surface area (Å²) in [7, 11) is 0. The summed E-state index contributed by atoms with van der Waals surface area (Å²) in [5.41, 5.74) is 1.27. The van der Waals surface area contributed by atoms with E-state index in [-0.39, 0.29) is 23.3 Å². The Bertz CT molecular complexity index is 1360. The Labute approximate surface area is 217 Å². The maximum absolute atomic E-state index is 15.1. The number of alkyl halides is 3. The predicted octanol–water partition coefficient (Wildman–Crippen LogP) is 6.45. The number of benzene rings is 3. The van der Waals surface area contributed by atoms with E-state index in [9.17, 15) is 18.0 Å². The van der Waals surface area contributed by atoms with Crippen LogP contribution in [-0.2, 0) is 23.2 Å². The second-order valence-electron chi connectivity index (χ2n) is 9.60. The summed E-state index contributed by atoms with van der Waals surface area (Å²) >= 11 is 0. The van der Waals surface area contributed by atoms with E-state index in [1.165, 1.54) is 24.6 Å². The number of para-hydroxylation sites is 1. The number of amidine groups is 1. The summed E-state index contributed by atoms with van der Waals surface area (Å²) in [5, 5.41) is 5.52. The van der Waals surface area contributed by atoms with Crippen molar-refractivity contribution in [2.24, 2.45) is 4.99 Å². The Hall–Kier alpha value is -4.08. The highest BCUT2D eigenvalue weighted by Gasteiger charge is 2.50. The molecule has 0 fully saturated rings. The third-order valence-electron chi connectivity index (χ3n) is 6.79. The molecule has 0 aliphatic carbocycles. The number of nitrogens with zero attached hydrogens (tertiary/aromatic N) is 2. The highest BCUT2D eigenvalue weighted by atomic mass is 19.4. The first-order valence-corrected chi connectivity index (χ1v) is 12.2. The number of fused-ring (bicyclic) bond motifs is 1. The van der Waals surface area contributed by atoms with Crippen molar-refractivity contribution in [3.8, 4) is 0 Å². The maximum Gasteiger partial charge on any atom is 0.425 e. The molecule has 2 atom stereocenters. The van der Waals surface area contributed by atoms with Gasteiger partial charge in [-0.15, -0.1) is 0 Å². The minimum atomic E-state index is -4.70. The van der Waals surface area contributed by atoms with Crippen molar-refractivity contribution in [2.45, 2.75) is 44.1 Å². The van der Waals surface area contributed by atoms with Gasteiger partial charge in [-0.05, 0) is 54.8 Å². The molecule has 2 amide bonds. The van der Waals surface area contributed by atoms with Gasteiger partial charge >= 0.3 is 12.2 Å². The molecule has 2 N–H and O–H groups in total. The first-order valence-electron chi connectivity index (χ1n) is 12.2. The number of nitrogens with one attached hydrogen (secondary N) is 2. The predicted molar refractivity (Wildman–Crippen MR) is 136 cm³/mol. The number of amides is 2. The van der Waals surface area contributed by atoms with Gasteiger partial charge in [0.2, 0.25) is 0 Å². The summed E-state index contributed by atoms with van der Waals surface area (Å²) < 4.78 is 61.7. The summed E-state index contributed by atoms with van der Waals surface area (Å²) in [4.78, 5) is 19.0. The van der Waals surface area contributed by atoms with Crippen LogP contribution in [0.3, 0.4) is 0 Å². The lowest BCUT2D eigenvalue weighted by Gasteiger charge is -2.37. The summed E-state index contributed by atoms with van der Waals surface area (Å²) in [6, 6.07) is 19.4. The van der Waals surface area contributed by atoms with Crippen LogP contribution < -0.4 is 10.6 Å². The minimum Gasteiger partial charge on any atom is -0.452 e. The Morgan fingerprint density at radius 1 is 1.03 bits per heavy atom. The fourth-order valence-electron chi connectivity index (χ4n) is 4.78. The zero-order valence-electron chi connectivity index (χ0n) is 20.6. The van der Waals surface area contributed by atoms with Gasteiger partial charge in [-0.25, -0.2) is 14.2 Å². The van der Waals surface area contributed by atoms with Gasteiger partial charge in [0, 0.05) is 36.4 Å². The Balaban J connectivity index is 1.41. The normalized spacial score (nSPS) is 21.1. The molecule has 0 unspecified atom stereocenters. The highest BCUT2D eigenvalue weighted by Crippen LogP contribution is 2.42. The quantitative estimate of drug-likeness (QED) is 0.386. The molecule has 3 aromatic rings.